The van der Waals surface area contributed by atoms with Gasteiger partial charge in [0, 0.05) is 22.2 Å². The fourth-order valence-corrected chi connectivity index (χ4v) is 1.79. The molecule has 0 spiro atoms. The van der Waals surface area contributed by atoms with Crippen molar-refractivity contribution in [3.05, 3.63) is 58.4 Å². The highest BCUT2D eigenvalue weighted by Crippen LogP contribution is 2.29. The molecule has 0 saturated heterocycles. The number of carbonyl (C=O) groups is 1. The molecule has 5 heteroatoms. The topological polar surface area (TPSA) is 17.1 Å². The molecule has 0 heterocycles. The highest BCUT2D eigenvalue weighted by molar-refractivity contribution is 6.31. The first-order valence-corrected chi connectivity index (χ1v) is 5.30. The second kappa shape index (κ2) is 4.82. The van der Waals surface area contributed by atoms with Crippen LogP contribution in [0.1, 0.15) is 10.4 Å². The molecule has 0 fully saturated rings. The van der Waals surface area contributed by atoms with Crippen molar-refractivity contribution >= 4 is 17.9 Å². The van der Waals surface area contributed by atoms with E-state index in [4.69, 9.17) is 11.6 Å². The van der Waals surface area contributed by atoms with Gasteiger partial charge in [0.1, 0.15) is 5.82 Å². The van der Waals surface area contributed by atoms with Crippen molar-refractivity contribution in [1.82, 2.24) is 0 Å². The summed E-state index contributed by atoms with van der Waals surface area (Å²) in [7, 11) is 0. The van der Waals surface area contributed by atoms with Crippen LogP contribution in [0.2, 0.25) is 5.02 Å². The molecule has 18 heavy (non-hydrogen) atoms. The quantitative estimate of drug-likeness (QED) is 0.589. The summed E-state index contributed by atoms with van der Waals surface area (Å²) >= 11 is 5.69. The van der Waals surface area contributed by atoms with Crippen LogP contribution in [0.5, 0.6) is 0 Å². The Labute approximate surface area is 106 Å². The number of aldehydes is 1. The molecule has 0 radical (unpaired) electrons. The van der Waals surface area contributed by atoms with Gasteiger partial charge in [-0.25, -0.2) is 13.2 Å². The Bertz CT molecular complexity index is 626. The van der Waals surface area contributed by atoms with Gasteiger partial charge in [0.2, 0.25) is 0 Å². The van der Waals surface area contributed by atoms with Gasteiger partial charge in [0.15, 0.2) is 17.9 Å². The maximum absolute atomic E-state index is 13.6. The molecule has 0 unspecified atom stereocenters. The van der Waals surface area contributed by atoms with E-state index in [-0.39, 0.29) is 16.7 Å². The summed E-state index contributed by atoms with van der Waals surface area (Å²) in [4.78, 5) is 10.9. The normalized spacial score (nSPS) is 10.4. The SMILES string of the molecule is O=Cc1cc(Cl)ccc1-c1cc(F)c(F)cc1F. The second-order valence-electron chi connectivity index (χ2n) is 3.60. The summed E-state index contributed by atoms with van der Waals surface area (Å²) in [5.41, 5.74) is 0.0749. The van der Waals surface area contributed by atoms with Crippen molar-refractivity contribution in [2.45, 2.75) is 0 Å². The Morgan fingerprint density at radius 1 is 0.889 bits per heavy atom. The lowest BCUT2D eigenvalue weighted by molar-refractivity contribution is 0.112. The molecule has 0 amide bonds. The predicted molar refractivity (Wildman–Crippen MR) is 62.1 cm³/mol. The lowest BCUT2D eigenvalue weighted by Gasteiger charge is -2.07. The molecule has 0 saturated carbocycles. The highest BCUT2D eigenvalue weighted by Gasteiger charge is 2.14. The molecule has 0 bridgehead atoms. The standard InChI is InChI=1S/C13H6ClF3O/c14-8-1-2-9(7(3-8)6-18)10-4-12(16)13(17)5-11(10)15/h1-6H. The minimum atomic E-state index is -1.28. The Morgan fingerprint density at radius 2 is 1.56 bits per heavy atom. The summed E-state index contributed by atoms with van der Waals surface area (Å²) in [5, 5.41) is 0.295. The van der Waals surface area contributed by atoms with Crippen molar-refractivity contribution < 1.29 is 18.0 Å². The number of hydrogen-bond acceptors (Lipinski definition) is 1. The zero-order chi connectivity index (χ0) is 13.3. The molecule has 0 aliphatic carbocycles. The van der Waals surface area contributed by atoms with E-state index in [1.807, 2.05) is 0 Å². The number of carbonyl (C=O) groups excluding carboxylic acids is 1. The average Bonchev–Trinajstić information content (AvgIpc) is 2.34. The molecular weight excluding hydrogens is 265 g/mol. The van der Waals surface area contributed by atoms with E-state index in [2.05, 4.69) is 0 Å². The molecule has 0 aliphatic rings. The third-order valence-electron chi connectivity index (χ3n) is 2.44. The molecule has 1 nitrogen and oxygen atoms in total. The fourth-order valence-electron chi connectivity index (χ4n) is 1.61. The van der Waals surface area contributed by atoms with Crippen LogP contribution >= 0.6 is 11.6 Å². The highest BCUT2D eigenvalue weighted by atomic mass is 35.5. The molecule has 2 aromatic carbocycles. The van der Waals surface area contributed by atoms with Crippen LogP contribution < -0.4 is 0 Å². The van der Waals surface area contributed by atoms with Gasteiger partial charge in [0.25, 0.3) is 0 Å². The number of benzene rings is 2. The zero-order valence-electron chi connectivity index (χ0n) is 8.88. The minimum Gasteiger partial charge on any atom is -0.298 e. The second-order valence-corrected chi connectivity index (χ2v) is 4.03. The van der Waals surface area contributed by atoms with Crippen LogP contribution in [0, 0.1) is 17.5 Å². The molecule has 2 rings (SSSR count). The maximum atomic E-state index is 13.6. The molecule has 0 aromatic heterocycles. The Kier molecular flexibility index (Phi) is 3.39. The summed E-state index contributed by atoms with van der Waals surface area (Å²) in [5.74, 6) is -3.41. The Balaban J connectivity index is 2.69. The van der Waals surface area contributed by atoms with E-state index in [0.29, 0.717) is 23.4 Å². The first-order valence-electron chi connectivity index (χ1n) is 4.92. The summed E-state index contributed by atoms with van der Waals surface area (Å²) in [6.45, 7) is 0. The average molecular weight is 271 g/mol. The van der Waals surface area contributed by atoms with Gasteiger partial charge in [-0.3, -0.25) is 4.79 Å². The minimum absolute atomic E-state index is 0.104. The molecule has 0 atom stereocenters. The van der Waals surface area contributed by atoms with Gasteiger partial charge >= 0.3 is 0 Å². The van der Waals surface area contributed by atoms with Crippen LogP contribution in [-0.2, 0) is 0 Å². The van der Waals surface area contributed by atoms with Gasteiger partial charge in [-0.15, -0.1) is 0 Å². The summed E-state index contributed by atoms with van der Waals surface area (Å²) in [6.07, 6.45) is 0.474. The Morgan fingerprint density at radius 3 is 2.22 bits per heavy atom. The number of rotatable bonds is 2. The molecule has 0 aliphatic heterocycles. The van der Waals surface area contributed by atoms with E-state index in [1.54, 1.807) is 0 Å². The third-order valence-corrected chi connectivity index (χ3v) is 2.68. The van der Waals surface area contributed by atoms with Crippen molar-refractivity contribution in [1.29, 1.82) is 0 Å². The van der Waals surface area contributed by atoms with Gasteiger partial charge < -0.3 is 0 Å². The molecule has 92 valence electrons. The van der Waals surface area contributed by atoms with Gasteiger partial charge in [-0.2, -0.15) is 0 Å². The molecule has 2 aromatic rings. The molecule has 0 N–H and O–H groups in total. The zero-order valence-corrected chi connectivity index (χ0v) is 9.64. The van der Waals surface area contributed by atoms with Crippen molar-refractivity contribution in [3.8, 4) is 11.1 Å². The fraction of sp³-hybridized carbons (Fsp3) is 0. The van der Waals surface area contributed by atoms with Crippen LogP contribution in [0.25, 0.3) is 11.1 Å². The van der Waals surface area contributed by atoms with E-state index < -0.39 is 17.5 Å². The molecular formula is C13H6ClF3O. The summed E-state index contributed by atoms with van der Waals surface area (Å²) < 4.78 is 39.5. The van der Waals surface area contributed by atoms with Crippen molar-refractivity contribution in [3.63, 3.8) is 0 Å². The van der Waals surface area contributed by atoms with Gasteiger partial charge in [-0.1, -0.05) is 17.7 Å². The van der Waals surface area contributed by atoms with Crippen LogP contribution in [0.15, 0.2) is 30.3 Å². The van der Waals surface area contributed by atoms with Crippen molar-refractivity contribution in [2.75, 3.05) is 0 Å². The number of hydrogen-bond donors (Lipinski definition) is 0. The van der Waals surface area contributed by atoms with Crippen molar-refractivity contribution in [2.24, 2.45) is 0 Å². The van der Waals surface area contributed by atoms with E-state index in [9.17, 15) is 18.0 Å². The third kappa shape index (κ3) is 2.24. The summed E-state index contributed by atoms with van der Waals surface area (Å²) in [6, 6.07) is 5.28. The van der Waals surface area contributed by atoms with E-state index in [1.165, 1.54) is 18.2 Å². The van der Waals surface area contributed by atoms with Crippen LogP contribution in [-0.4, -0.2) is 6.29 Å². The Hall–Kier alpha value is -1.81. The van der Waals surface area contributed by atoms with E-state index >= 15 is 0 Å². The van der Waals surface area contributed by atoms with E-state index in [0.717, 1.165) is 0 Å². The first-order chi connectivity index (χ1) is 8.52. The lowest BCUT2D eigenvalue weighted by Crippen LogP contribution is -1.94. The van der Waals surface area contributed by atoms with Gasteiger partial charge in [0.05, 0.1) is 0 Å². The largest absolute Gasteiger partial charge is 0.298 e. The van der Waals surface area contributed by atoms with Crippen LogP contribution in [0.4, 0.5) is 13.2 Å². The maximum Gasteiger partial charge on any atom is 0.161 e. The first kappa shape index (κ1) is 12.6. The number of halogens is 4. The smallest absolute Gasteiger partial charge is 0.161 e. The van der Waals surface area contributed by atoms with Crippen LogP contribution in [0.3, 0.4) is 0 Å². The lowest BCUT2D eigenvalue weighted by atomic mass is 10.00. The predicted octanol–water partition coefficient (Wildman–Crippen LogP) is 4.24. The monoisotopic (exact) mass is 270 g/mol. The van der Waals surface area contributed by atoms with Gasteiger partial charge in [-0.05, 0) is 23.8 Å².